The van der Waals surface area contributed by atoms with Crippen molar-refractivity contribution < 1.29 is 14.3 Å². The largest absolute Gasteiger partial charge is 0.492 e. The quantitative estimate of drug-likeness (QED) is 0.493. The van der Waals surface area contributed by atoms with E-state index < -0.39 is 6.35 Å². The number of rotatable bonds is 10. The van der Waals surface area contributed by atoms with Gasteiger partial charge < -0.3 is 25.0 Å². The molecule has 9 heteroatoms. The number of halogens is 1. The van der Waals surface area contributed by atoms with Crippen molar-refractivity contribution in [2.75, 3.05) is 39.1 Å². The maximum Gasteiger partial charge on any atom is 0.224 e. The van der Waals surface area contributed by atoms with E-state index in [0.717, 1.165) is 30.0 Å². The molecule has 0 amide bonds. The number of anilines is 1. The first-order valence-corrected chi connectivity index (χ1v) is 9.98. The first-order chi connectivity index (χ1) is 14.4. The number of carbonyl (C=O) groups is 1. The molecule has 3 rings (SSSR count). The van der Waals surface area contributed by atoms with Crippen molar-refractivity contribution in [1.29, 1.82) is 0 Å². The van der Waals surface area contributed by atoms with E-state index >= 15 is 0 Å². The number of nitrogens with two attached hydrogens (primary N) is 1. The van der Waals surface area contributed by atoms with E-state index in [0.29, 0.717) is 23.0 Å². The van der Waals surface area contributed by atoms with Crippen LogP contribution in [0, 0.1) is 0 Å². The fourth-order valence-corrected chi connectivity index (χ4v) is 2.99. The average Bonchev–Trinajstić information content (AvgIpc) is 3.17. The van der Waals surface area contributed by atoms with Crippen LogP contribution in [0.5, 0.6) is 5.75 Å². The summed E-state index contributed by atoms with van der Waals surface area (Å²) in [5, 5.41) is 6.30. The van der Waals surface area contributed by atoms with Crippen molar-refractivity contribution in [3.63, 3.8) is 0 Å². The molecule has 160 valence electrons. The topological polar surface area (TPSA) is 102 Å². The Balaban J connectivity index is 1.59. The van der Waals surface area contributed by atoms with Crippen molar-refractivity contribution in [2.24, 2.45) is 5.73 Å². The number of aromatic nitrogens is 1. The third-order valence-electron chi connectivity index (χ3n) is 4.39. The molecule has 0 radical (unpaired) electrons. The number of carbonyl (C=O) groups excluding carboxylic acids is 1. The molecule has 0 fully saturated rings. The van der Waals surface area contributed by atoms with Gasteiger partial charge in [-0.2, -0.15) is 0 Å². The molecular formula is C21H26ClN5O3. The van der Waals surface area contributed by atoms with Gasteiger partial charge in [0.1, 0.15) is 17.7 Å². The molecule has 8 nitrogen and oxygen atoms in total. The summed E-state index contributed by atoms with van der Waals surface area (Å²) in [5.74, 6) is 0.548. The highest BCUT2D eigenvalue weighted by Gasteiger charge is 2.19. The number of ketones is 1. The summed E-state index contributed by atoms with van der Waals surface area (Å²) in [4.78, 5) is 18.8. The van der Waals surface area contributed by atoms with Gasteiger partial charge in [0.25, 0.3) is 0 Å². The molecule has 1 atom stereocenters. The Labute approximate surface area is 181 Å². The summed E-state index contributed by atoms with van der Waals surface area (Å²) in [5.41, 5.74) is 8.15. The molecule has 2 heterocycles. The van der Waals surface area contributed by atoms with Crippen LogP contribution in [-0.2, 0) is 9.53 Å². The van der Waals surface area contributed by atoms with E-state index in [4.69, 9.17) is 26.8 Å². The van der Waals surface area contributed by atoms with Crippen molar-refractivity contribution in [2.45, 2.75) is 12.8 Å². The molecule has 30 heavy (non-hydrogen) atoms. The van der Waals surface area contributed by atoms with Gasteiger partial charge in [-0.1, -0.05) is 17.7 Å². The Bertz CT molecular complexity index is 902. The molecule has 2 aromatic rings. The van der Waals surface area contributed by atoms with Crippen LogP contribution in [-0.4, -0.2) is 55.8 Å². The van der Waals surface area contributed by atoms with Crippen molar-refractivity contribution in [3.05, 3.63) is 53.5 Å². The molecule has 0 spiro atoms. The maximum absolute atomic E-state index is 12.2. The molecule has 1 aromatic heterocycles. The van der Waals surface area contributed by atoms with Crippen LogP contribution in [0.25, 0.3) is 11.3 Å². The molecular weight excluding hydrogens is 406 g/mol. The van der Waals surface area contributed by atoms with Crippen LogP contribution in [0.15, 0.2) is 48.5 Å². The molecule has 1 unspecified atom stereocenters. The number of ether oxygens (including phenoxy) is 2. The number of hydrogen-bond acceptors (Lipinski definition) is 8. The first kappa shape index (κ1) is 21.9. The summed E-state index contributed by atoms with van der Waals surface area (Å²) in [7, 11) is 4.07. The van der Waals surface area contributed by atoms with Crippen LogP contribution >= 0.6 is 11.6 Å². The Morgan fingerprint density at radius 2 is 2.20 bits per heavy atom. The lowest BCUT2D eigenvalue weighted by atomic mass is 10.1. The minimum absolute atomic E-state index is 0.0469. The minimum atomic E-state index is -0.693. The average molecular weight is 432 g/mol. The Kier molecular flexibility index (Phi) is 7.51. The molecule has 0 saturated heterocycles. The monoisotopic (exact) mass is 431 g/mol. The van der Waals surface area contributed by atoms with Crippen molar-refractivity contribution in [1.82, 2.24) is 15.2 Å². The number of nitrogens with zero attached hydrogens (tertiary/aromatic N) is 2. The molecule has 1 aromatic carbocycles. The van der Waals surface area contributed by atoms with Gasteiger partial charge in [0.2, 0.25) is 12.1 Å². The predicted octanol–water partition coefficient (Wildman–Crippen LogP) is 2.42. The van der Waals surface area contributed by atoms with Crippen LogP contribution in [0.2, 0.25) is 5.02 Å². The van der Waals surface area contributed by atoms with Gasteiger partial charge in [0.05, 0.1) is 35.8 Å². The van der Waals surface area contributed by atoms with Crippen LogP contribution < -0.4 is 21.1 Å². The maximum atomic E-state index is 12.2. The zero-order valence-electron chi connectivity index (χ0n) is 17.0. The number of hydrogen-bond donors (Lipinski definition) is 3. The lowest BCUT2D eigenvalue weighted by molar-refractivity contribution is -0.114. The van der Waals surface area contributed by atoms with Gasteiger partial charge in [-0.25, -0.2) is 0 Å². The third kappa shape index (κ3) is 6.09. The number of pyridine rings is 1. The standard InChI is InChI=1S/C21H26ClN5O3/c1-27(2)8-3-9-29-15-5-7-17(24-11-15)14-4-6-16(22)18(10-14)25-12-20(28)19-13-30-21(23)26-19/h4-7,10-11,13,21,25-26H,3,8-9,12,23H2,1-2H3. The number of nitrogens with one attached hydrogen (secondary N) is 2. The van der Waals surface area contributed by atoms with E-state index in [2.05, 4.69) is 20.5 Å². The molecule has 0 aliphatic carbocycles. The van der Waals surface area contributed by atoms with E-state index in [9.17, 15) is 4.79 Å². The lowest BCUT2D eigenvalue weighted by Gasteiger charge is -2.12. The fourth-order valence-electron chi connectivity index (χ4n) is 2.81. The van der Waals surface area contributed by atoms with Crippen LogP contribution in [0.3, 0.4) is 0 Å². The second kappa shape index (κ2) is 10.3. The second-order valence-corrected chi connectivity index (χ2v) is 7.50. The zero-order valence-corrected chi connectivity index (χ0v) is 17.8. The summed E-state index contributed by atoms with van der Waals surface area (Å²) >= 11 is 6.28. The summed E-state index contributed by atoms with van der Waals surface area (Å²) in [6, 6.07) is 9.29. The normalized spacial score (nSPS) is 15.4. The Hall–Kier alpha value is -2.81. The third-order valence-corrected chi connectivity index (χ3v) is 4.72. The van der Waals surface area contributed by atoms with Gasteiger partial charge in [0.15, 0.2) is 0 Å². The molecule has 0 bridgehead atoms. The smallest absolute Gasteiger partial charge is 0.224 e. The van der Waals surface area contributed by atoms with E-state index in [1.165, 1.54) is 6.26 Å². The minimum Gasteiger partial charge on any atom is -0.492 e. The van der Waals surface area contributed by atoms with Crippen molar-refractivity contribution >= 4 is 23.1 Å². The highest BCUT2D eigenvalue weighted by Crippen LogP contribution is 2.28. The second-order valence-electron chi connectivity index (χ2n) is 7.09. The van der Waals surface area contributed by atoms with Crippen molar-refractivity contribution in [3.8, 4) is 17.0 Å². The van der Waals surface area contributed by atoms with Crippen LogP contribution in [0.1, 0.15) is 6.42 Å². The van der Waals surface area contributed by atoms with Gasteiger partial charge in [-0.05, 0) is 44.8 Å². The first-order valence-electron chi connectivity index (χ1n) is 9.60. The van der Waals surface area contributed by atoms with E-state index in [1.807, 2.05) is 38.4 Å². The Morgan fingerprint density at radius 1 is 1.37 bits per heavy atom. The SMILES string of the molecule is CN(C)CCCOc1ccc(-c2ccc(Cl)c(NCC(=O)C3=COC(N)N3)c2)nc1. The lowest BCUT2D eigenvalue weighted by Crippen LogP contribution is -2.35. The van der Waals surface area contributed by atoms with Gasteiger partial charge >= 0.3 is 0 Å². The summed E-state index contributed by atoms with van der Waals surface area (Å²) in [6.07, 6.45) is 3.28. The van der Waals surface area contributed by atoms with E-state index in [1.54, 1.807) is 12.3 Å². The molecule has 1 aliphatic heterocycles. The van der Waals surface area contributed by atoms with E-state index in [-0.39, 0.29) is 12.3 Å². The summed E-state index contributed by atoms with van der Waals surface area (Å²) < 4.78 is 10.7. The summed E-state index contributed by atoms with van der Waals surface area (Å²) in [6.45, 7) is 1.66. The van der Waals surface area contributed by atoms with Gasteiger partial charge in [0, 0.05) is 12.1 Å². The highest BCUT2D eigenvalue weighted by atomic mass is 35.5. The number of Topliss-reactive ketones (excluding diaryl/α,β-unsaturated/α-hetero) is 1. The zero-order chi connectivity index (χ0) is 21.5. The molecule has 4 N–H and O–H groups in total. The predicted molar refractivity (Wildman–Crippen MR) is 117 cm³/mol. The Morgan fingerprint density at radius 3 is 2.87 bits per heavy atom. The van der Waals surface area contributed by atoms with Gasteiger partial charge in [-0.3, -0.25) is 15.5 Å². The fraction of sp³-hybridized carbons (Fsp3) is 0.333. The van der Waals surface area contributed by atoms with Gasteiger partial charge in [-0.15, -0.1) is 0 Å². The molecule has 0 saturated carbocycles. The molecule has 1 aliphatic rings. The van der Waals surface area contributed by atoms with Crippen LogP contribution in [0.4, 0.5) is 5.69 Å². The highest BCUT2D eigenvalue weighted by molar-refractivity contribution is 6.33. The number of benzene rings is 1.